The summed E-state index contributed by atoms with van der Waals surface area (Å²) < 4.78 is 2.97. The summed E-state index contributed by atoms with van der Waals surface area (Å²) in [4.78, 5) is 39.5. The Morgan fingerprint density at radius 3 is 2.50 bits per heavy atom. The number of carbonyl (C=O) groups excluding carboxylic acids is 1. The Kier molecular flexibility index (Phi) is 5.84. The average Bonchev–Trinajstić information content (AvgIpc) is 3.24. The monoisotopic (exact) mass is 447 g/mol. The number of thiophene rings is 1. The second-order valence-electron chi connectivity index (χ2n) is 8.20. The number of anilines is 1. The highest BCUT2D eigenvalue weighted by molar-refractivity contribution is 7.17. The molecule has 1 N–H and O–H groups in total. The van der Waals surface area contributed by atoms with Crippen molar-refractivity contribution in [1.82, 2.24) is 9.13 Å². The summed E-state index contributed by atoms with van der Waals surface area (Å²) in [5.74, 6) is -0.0810. The van der Waals surface area contributed by atoms with E-state index < -0.39 is 5.69 Å². The van der Waals surface area contributed by atoms with E-state index in [-0.39, 0.29) is 23.9 Å². The van der Waals surface area contributed by atoms with Crippen LogP contribution in [-0.2, 0) is 11.3 Å². The number of hydrogen-bond donors (Lipinski definition) is 1. The zero-order chi connectivity index (χ0) is 23.0. The van der Waals surface area contributed by atoms with E-state index in [1.807, 2.05) is 50.2 Å². The molecule has 0 spiro atoms. The van der Waals surface area contributed by atoms with Crippen molar-refractivity contribution in [3.05, 3.63) is 91.4 Å². The Morgan fingerprint density at radius 1 is 1.03 bits per heavy atom. The second-order valence-corrected chi connectivity index (χ2v) is 9.12. The van der Waals surface area contributed by atoms with Gasteiger partial charge in [-0.2, -0.15) is 0 Å². The second kappa shape index (κ2) is 8.59. The van der Waals surface area contributed by atoms with Crippen molar-refractivity contribution in [3.8, 4) is 5.69 Å². The number of aryl methyl sites for hydroxylation is 2. The van der Waals surface area contributed by atoms with Crippen LogP contribution in [0.2, 0.25) is 0 Å². The van der Waals surface area contributed by atoms with E-state index in [1.165, 1.54) is 15.9 Å². The third kappa shape index (κ3) is 3.91. The zero-order valence-electron chi connectivity index (χ0n) is 18.5. The summed E-state index contributed by atoms with van der Waals surface area (Å²) in [6, 6.07) is 14.8. The average molecular weight is 448 g/mol. The summed E-state index contributed by atoms with van der Waals surface area (Å²) in [6.07, 6.45) is 0. The van der Waals surface area contributed by atoms with Crippen LogP contribution in [0.4, 0.5) is 5.69 Å². The molecule has 0 bridgehead atoms. The van der Waals surface area contributed by atoms with Crippen LogP contribution < -0.4 is 16.6 Å². The molecule has 0 aliphatic rings. The number of amides is 1. The van der Waals surface area contributed by atoms with E-state index in [4.69, 9.17) is 0 Å². The molecule has 6 nitrogen and oxygen atoms in total. The van der Waals surface area contributed by atoms with E-state index in [1.54, 1.807) is 17.5 Å². The molecule has 32 heavy (non-hydrogen) atoms. The molecular formula is C25H25N3O3S. The van der Waals surface area contributed by atoms with Crippen molar-refractivity contribution in [2.24, 2.45) is 0 Å². The lowest BCUT2D eigenvalue weighted by Gasteiger charge is -2.15. The van der Waals surface area contributed by atoms with Crippen molar-refractivity contribution >= 4 is 33.1 Å². The maximum Gasteiger partial charge on any atom is 0.336 e. The number of hydrogen-bond acceptors (Lipinski definition) is 4. The predicted molar refractivity (Wildman–Crippen MR) is 130 cm³/mol. The minimum atomic E-state index is -0.531. The predicted octanol–water partition coefficient (Wildman–Crippen LogP) is 4.59. The number of carbonyl (C=O) groups is 1. The van der Waals surface area contributed by atoms with Gasteiger partial charge in [0.1, 0.15) is 11.2 Å². The van der Waals surface area contributed by atoms with Gasteiger partial charge in [0, 0.05) is 5.69 Å². The Hall–Kier alpha value is -3.45. The zero-order valence-corrected chi connectivity index (χ0v) is 19.3. The number of para-hydroxylation sites is 1. The third-order valence-electron chi connectivity index (χ3n) is 5.66. The minimum Gasteiger partial charge on any atom is -0.324 e. The molecule has 0 radical (unpaired) electrons. The molecule has 2 aromatic heterocycles. The largest absolute Gasteiger partial charge is 0.336 e. The van der Waals surface area contributed by atoms with Gasteiger partial charge in [-0.25, -0.2) is 9.36 Å². The maximum absolute atomic E-state index is 13.4. The summed E-state index contributed by atoms with van der Waals surface area (Å²) in [5, 5.41) is 4.69. The fourth-order valence-corrected chi connectivity index (χ4v) is 4.60. The van der Waals surface area contributed by atoms with Crippen LogP contribution in [0.25, 0.3) is 15.9 Å². The van der Waals surface area contributed by atoms with Crippen molar-refractivity contribution in [2.75, 3.05) is 5.32 Å². The Labute approximate surface area is 189 Å². The highest BCUT2D eigenvalue weighted by Gasteiger charge is 2.18. The number of fused-ring (bicyclic) bond motifs is 1. The summed E-state index contributed by atoms with van der Waals surface area (Å²) in [7, 11) is 0. The number of benzene rings is 2. The van der Waals surface area contributed by atoms with Gasteiger partial charge in [0.05, 0.1) is 11.2 Å². The molecule has 164 valence electrons. The Morgan fingerprint density at radius 2 is 1.78 bits per heavy atom. The molecule has 2 heterocycles. The summed E-state index contributed by atoms with van der Waals surface area (Å²) in [5.41, 5.74) is 3.87. The number of rotatable bonds is 5. The fraction of sp³-hybridized carbons (Fsp3) is 0.240. The smallest absolute Gasteiger partial charge is 0.324 e. The molecule has 0 atom stereocenters. The first kappa shape index (κ1) is 21.8. The molecule has 2 aromatic carbocycles. The summed E-state index contributed by atoms with van der Waals surface area (Å²) >= 11 is 1.27. The molecule has 0 saturated heterocycles. The Bertz CT molecular complexity index is 1440. The van der Waals surface area contributed by atoms with Gasteiger partial charge in [0.2, 0.25) is 5.91 Å². The highest BCUT2D eigenvalue weighted by atomic mass is 32.1. The molecule has 0 fully saturated rings. The van der Waals surface area contributed by atoms with E-state index in [0.29, 0.717) is 15.9 Å². The van der Waals surface area contributed by atoms with Crippen LogP contribution in [0.15, 0.2) is 63.5 Å². The van der Waals surface area contributed by atoms with Crippen LogP contribution in [0.5, 0.6) is 0 Å². The topological polar surface area (TPSA) is 73.1 Å². The molecule has 0 aliphatic carbocycles. The van der Waals surface area contributed by atoms with Crippen molar-refractivity contribution in [2.45, 2.75) is 40.2 Å². The van der Waals surface area contributed by atoms with E-state index >= 15 is 0 Å². The normalized spacial score (nSPS) is 11.3. The van der Waals surface area contributed by atoms with Gasteiger partial charge in [-0.05, 0) is 66.1 Å². The van der Waals surface area contributed by atoms with Gasteiger partial charge >= 0.3 is 5.69 Å². The first-order valence-corrected chi connectivity index (χ1v) is 11.4. The van der Waals surface area contributed by atoms with Crippen molar-refractivity contribution in [3.63, 3.8) is 0 Å². The minimum absolute atomic E-state index is 0.191. The van der Waals surface area contributed by atoms with Gasteiger partial charge in [0.15, 0.2) is 0 Å². The van der Waals surface area contributed by atoms with Crippen LogP contribution in [0.3, 0.4) is 0 Å². The first-order valence-electron chi connectivity index (χ1n) is 10.5. The molecular weight excluding hydrogens is 422 g/mol. The number of nitrogens with one attached hydrogen (secondary N) is 1. The van der Waals surface area contributed by atoms with Crippen LogP contribution in [0, 0.1) is 13.8 Å². The van der Waals surface area contributed by atoms with E-state index in [0.717, 1.165) is 26.9 Å². The highest BCUT2D eigenvalue weighted by Crippen LogP contribution is 2.24. The van der Waals surface area contributed by atoms with Gasteiger partial charge in [0.25, 0.3) is 5.56 Å². The molecule has 0 unspecified atom stereocenters. The molecule has 4 rings (SSSR count). The molecule has 7 heteroatoms. The van der Waals surface area contributed by atoms with Crippen LogP contribution in [0.1, 0.15) is 36.5 Å². The quantitative estimate of drug-likeness (QED) is 0.486. The van der Waals surface area contributed by atoms with E-state index in [2.05, 4.69) is 19.2 Å². The standard InChI is InChI=1S/C25H25N3O3S/c1-15(2)19-7-5-6-8-20(19)26-22(29)14-27-21-11-12-32-23(21)24(30)28(25(27)31)18-10-9-16(3)17(4)13-18/h5-13,15H,14H2,1-4H3,(H,26,29). The van der Waals surface area contributed by atoms with Gasteiger partial charge in [-0.1, -0.05) is 38.1 Å². The lowest BCUT2D eigenvalue weighted by molar-refractivity contribution is -0.116. The first-order chi connectivity index (χ1) is 15.3. The number of aromatic nitrogens is 2. The van der Waals surface area contributed by atoms with Gasteiger partial charge in [-0.3, -0.25) is 14.2 Å². The van der Waals surface area contributed by atoms with Crippen LogP contribution in [-0.4, -0.2) is 15.0 Å². The SMILES string of the molecule is Cc1ccc(-n2c(=O)c3sccc3n(CC(=O)Nc3ccccc3C(C)C)c2=O)cc1C. The Balaban J connectivity index is 1.79. The molecule has 0 saturated carbocycles. The third-order valence-corrected chi connectivity index (χ3v) is 6.55. The lowest BCUT2D eigenvalue weighted by Crippen LogP contribution is -2.40. The molecule has 4 aromatic rings. The van der Waals surface area contributed by atoms with Gasteiger partial charge in [-0.15, -0.1) is 11.3 Å². The van der Waals surface area contributed by atoms with Crippen molar-refractivity contribution < 1.29 is 4.79 Å². The maximum atomic E-state index is 13.4. The lowest BCUT2D eigenvalue weighted by atomic mass is 10.0. The summed E-state index contributed by atoms with van der Waals surface area (Å²) in [6.45, 7) is 7.84. The van der Waals surface area contributed by atoms with Gasteiger partial charge < -0.3 is 5.32 Å². The fourth-order valence-electron chi connectivity index (χ4n) is 3.78. The number of nitrogens with zero attached hydrogens (tertiary/aromatic N) is 2. The molecule has 1 amide bonds. The van der Waals surface area contributed by atoms with Crippen LogP contribution >= 0.6 is 11.3 Å². The van der Waals surface area contributed by atoms with Crippen molar-refractivity contribution in [1.29, 1.82) is 0 Å². The molecule has 0 aliphatic heterocycles. The van der Waals surface area contributed by atoms with E-state index in [9.17, 15) is 14.4 Å².